The van der Waals surface area contributed by atoms with Gasteiger partial charge in [0.15, 0.2) is 5.43 Å². The molecule has 1 aromatic heterocycles. The van der Waals surface area contributed by atoms with E-state index in [9.17, 15) is 9.59 Å². The average molecular weight is 340 g/mol. The first kappa shape index (κ1) is 17.4. The number of likely N-dealkylation sites (tertiary alicyclic amines) is 1. The fourth-order valence-corrected chi connectivity index (χ4v) is 3.53. The molecule has 0 aliphatic carbocycles. The van der Waals surface area contributed by atoms with Crippen LogP contribution in [0.15, 0.2) is 35.3 Å². The number of hydrogen-bond donors (Lipinski definition) is 2. The lowest BCUT2D eigenvalue weighted by Gasteiger charge is -2.17. The van der Waals surface area contributed by atoms with Crippen molar-refractivity contribution < 1.29 is 9.90 Å². The third-order valence-corrected chi connectivity index (χ3v) is 5.09. The van der Waals surface area contributed by atoms with E-state index in [-0.39, 0.29) is 5.43 Å². The highest BCUT2D eigenvalue weighted by Gasteiger charge is 2.23. The molecule has 0 saturated carbocycles. The molecule has 3 rings (SSSR count). The number of carboxylic acids is 1. The molecule has 2 aromatic rings. The van der Waals surface area contributed by atoms with Gasteiger partial charge < -0.3 is 10.1 Å². The SMILES string of the molecule is Cc1c[nH]c(CN2CCC(Cc3ccc(C(=O)O)cc3)C2)c(C)c1=O. The summed E-state index contributed by atoms with van der Waals surface area (Å²) in [7, 11) is 0. The van der Waals surface area contributed by atoms with E-state index in [4.69, 9.17) is 5.11 Å². The number of carbonyl (C=O) groups is 1. The van der Waals surface area contributed by atoms with Crippen LogP contribution in [0.5, 0.6) is 0 Å². The molecule has 0 amide bonds. The van der Waals surface area contributed by atoms with Crippen LogP contribution in [-0.4, -0.2) is 34.0 Å². The normalized spacial score (nSPS) is 17.8. The van der Waals surface area contributed by atoms with Crippen LogP contribution in [-0.2, 0) is 13.0 Å². The Labute approximate surface area is 147 Å². The van der Waals surface area contributed by atoms with Crippen LogP contribution >= 0.6 is 0 Å². The fourth-order valence-electron chi connectivity index (χ4n) is 3.53. The maximum Gasteiger partial charge on any atom is 0.335 e. The Morgan fingerprint density at radius 2 is 2.00 bits per heavy atom. The maximum absolute atomic E-state index is 12.1. The van der Waals surface area contributed by atoms with Crippen LogP contribution in [0.1, 0.15) is 39.2 Å². The molecule has 1 unspecified atom stereocenters. The summed E-state index contributed by atoms with van der Waals surface area (Å²) in [6, 6.07) is 7.16. The first-order valence-corrected chi connectivity index (χ1v) is 8.66. The Morgan fingerprint density at radius 1 is 1.28 bits per heavy atom. The van der Waals surface area contributed by atoms with E-state index in [1.807, 2.05) is 26.0 Å². The van der Waals surface area contributed by atoms with E-state index in [1.165, 1.54) is 5.56 Å². The van der Waals surface area contributed by atoms with Crippen molar-refractivity contribution in [2.75, 3.05) is 13.1 Å². The summed E-state index contributed by atoms with van der Waals surface area (Å²) in [5.41, 5.74) is 4.20. The van der Waals surface area contributed by atoms with E-state index >= 15 is 0 Å². The molecule has 5 nitrogen and oxygen atoms in total. The zero-order chi connectivity index (χ0) is 18.0. The number of benzene rings is 1. The number of aromatic nitrogens is 1. The molecule has 1 aromatic carbocycles. The second-order valence-electron chi connectivity index (χ2n) is 7.00. The number of hydrogen-bond acceptors (Lipinski definition) is 3. The molecule has 1 aliphatic rings. The number of aryl methyl sites for hydroxylation is 1. The largest absolute Gasteiger partial charge is 0.478 e. The van der Waals surface area contributed by atoms with E-state index in [0.29, 0.717) is 11.5 Å². The predicted molar refractivity (Wildman–Crippen MR) is 97.0 cm³/mol. The van der Waals surface area contributed by atoms with Crippen LogP contribution in [0.2, 0.25) is 0 Å². The minimum Gasteiger partial charge on any atom is -0.478 e. The number of aromatic amines is 1. The minimum atomic E-state index is -0.888. The lowest BCUT2D eigenvalue weighted by atomic mass is 9.98. The summed E-state index contributed by atoms with van der Waals surface area (Å²) in [4.78, 5) is 28.6. The highest BCUT2D eigenvalue weighted by molar-refractivity contribution is 5.87. The van der Waals surface area contributed by atoms with Crippen molar-refractivity contribution in [1.82, 2.24) is 9.88 Å². The molecule has 132 valence electrons. The summed E-state index contributed by atoms with van der Waals surface area (Å²) >= 11 is 0. The van der Waals surface area contributed by atoms with Gasteiger partial charge in [-0.1, -0.05) is 12.1 Å². The highest BCUT2D eigenvalue weighted by Crippen LogP contribution is 2.22. The summed E-state index contributed by atoms with van der Waals surface area (Å²) in [5, 5.41) is 8.96. The van der Waals surface area contributed by atoms with Crippen LogP contribution in [0.25, 0.3) is 0 Å². The predicted octanol–water partition coefficient (Wildman–Crippen LogP) is 2.75. The van der Waals surface area contributed by atoms with Crippen LogP contribution in [0, 0.1) is 19.8 Å². The van der Waals surface area contributed by atoms with Gasteiger partial charge in [-0.2, -0.15) is 0 Å². The van der Waals surface area contributed by atoms with Gasteiger partial charge in [-0.3, -0.25) is 9.69 Å². The highest BCUT2D eigenvalue weighted by atomic mass is 16.4. The number of pyridine rings is 1. The van der Waals surface area contributed by atoms with Gasteiger partial charge in [-0.05, 0) is 56.8 Å². The molecule has 1 saturated heterocycles. The molecule has 5 heteroatoms. The van der Waals surface area contributed by atoms with Crippen molar-refractivity contribution in [2.24, 2.45) is 5.92 Å². The lowest BCUT2D eigenvalue weighted by molar-refractivity contribution is 0.0697. The minimum absolute atomic E-state index is 0.128. The van der Waals surface area contributed by atoms with E-state index < -0.39 is 5.97 Å². The van der Waals surface area contributed by atoms with Crippen molar-refractivity contribution in [3.05, 3.63) is 68.6 Å². The smallest absolute Gasteiger partial charge is 0.335 e. The van der Waals surface area contributed by atoms with E-state index in [2.05, 4.69) is 9.88 Å². The summed E-state index contributed by atoms with van der Waals surface area (Å²) in [6.07, 6.45) is 3.87. The second kappa shape index (κ2) is 7.23. The summed E-state index contributed by atoms with van der Waals surface area (Å²) in [5.74, 6) is -0.325. The van der Waals surface area contributed by atoms with Gasteiger partial charge in [-0.25, -0.2) is 4.79 Å². The molecular formula is C20H24N2O3. The number of rotatable bonds is 5. The number of carboxylic acid groups (broad SMARTS) is 1. The van der Waals surface area contributed by atoms with Crippen molar-refractivity contribution in [1.29, 1.82) is 0 Å². The number of nitrogens with zero attached hydrogens (tertiary/aromatic N) is 1. The quantitative estimate of drug-likeness (QED) is 0.878. The molecule has 0 radical (unpaired) electrons. The summed E-state index contributed by atoms with van der Waals surface area (Å²) in [6.45, 7) is 6.51. The van der Waals surface area contributed by atoms with Crippen molar-refractivity contribution in [3.8, 4) is 0 Å². The third-order valence-electron chi connectivity index (χ3n) is 5.09. The van der Waals surface area contributed by atoms with Crippen molar-refractivity contribution in [3.63, 3.8) is 0 Å². The maximum atomic E-state index is 12.1. The Hall–Kier alpha value is -2.40. The molecule has 25 heavy (non-hydrogen) atoms. The first-order valence-electron chi connectivity index (χ1n) is 8.66. The number of H-pyrrole nitrogens is 1. The Morgan fingerprint density at radius 3 is 2.68 bits per heavy atom. The van der Waals surface area contributed by atoms with Gasteiger partial charge in [0.25, 0.3) is 0 Å². The van der Waals surface area contributed by atoms with Gasteiger partial charge in [0, 0.05) is 36.1 Å². The average Bonchev–Trinajstić information content (AvgIpc) is 3.03. The van der Waals surface area contributed by atoms with E-state index in [1.54, 1.807) is 18.3 Å². The Balaban J connectivity index is 1.59. The summed E-state index contributed by atoms with van der Waals surface area (Å²) < 4.78 is 0. The van der Waals surface area contributed by atoms with Gasteiger partial charge in [0.05, 0.1) is 5.56 Å². The zero-order valence-electron chi connectivity index (χ0n) is 14.7. The van der Waals surface area contributed by atoms with Crippen LogP contribution < -0.4 is 5.43 Å². The van der Waals surface area contributed by atoms with Crippen LogP contribution in [0.4, 0.5) is 0 Å². The molecule has 0 spiro atoms. The second-order valence-corrected chi connectivity index (χ2v) is 7.00. The Bertz CT molecular complexity index is 824. The lowest BCUT2D eigenvalue weighted by Crippen LogP contribution is -2.24. The molecule has 2 heterocycles. The molecule has 1 fully saturated rings. The third kappa shape index (κ3) is 3.99. The van der Waals surface area contributed by atoms with E-state index in [0.717, 1.165) is 49.3 Å². The Kier molecular flexibility index (Phi) is 5.04. The standard InChI is InChI=1S/C20H24N2O3/c1-13-10-21-18(14(2)19(13)23)12-22-8-7-16(11-22)9-15-3-5-17(6-4-15)20(24)25/h3-6,10,16H,7-9,11-12H2,1-2H3,(H,21,23)(H,24,25). The molecular weight excluding hydrogens is 316 g/mol. The number of aromatic carboxylic acids is 1. The number of nitrogens with one attached hydrogen (secondary N) is 1. The van der Waals surface area contributed by atoms with Crippen LogP contribution in [0.3, 0.4) is 0 Å². The zero-order valence-corrected chi connectivity index (χ0v) is 14.7. The molecule has 2 N–H and O–H groups in total. The molecule has 1 atom stereocenters. The monoisotopic (exact) mass is 340 g/mol. The fraction of sp³-hybridized carbons (Fsp3) is 0.400. The van der Waals surface area contributed by atoms with Gasteiger partial charge >= 0.3 is 5.97 Å². The molecule has 1 aliphatic heterocycles. The van der Waals surface area contributed by atoms with Crippen molar-refractivity contribution in [2.45, 2.75) is 33.2 Å². The molecule has 0 bridgehead atoms. The van der Waals surface area contributed by atoms with Gasteiger partial charge in [0.1, 0.15) is 0 Å². The van der Waals surface area contributed by atoms with Crippen molar-refractivity contribution >= 4 is 5.97 Å². The topological polar surface area (TPSA) is 73.4 Å². The van der Waals surface area contributed by atoms with Gasteiger partial charge in [0.2, 0.25) is 0 Å². The van der Waals surface area contributed by atoms with Gasteiger partial charge in [-0.15, -0.1) is 0 Å². The first-order chi connectivity index (χ1) is 11.9.